The van der Waals surface area contributed by atoms with Crippen molar-refractivity contribution in [3.63, 3.8) is 0 Å². The molecule has 1 heterocycles. The average molecular weight is 344 g/mol. The van der Waals surface area contributed by atoms with E-state index in [2.05, 4.69) is 10.3 Å². The number of benzene rings is 1. The van der Waals surface area contributed by atoms with Gasteiger partial charge in [-0.3, -0.25) is 9.78 Å². The van der Waals surface area contributed by atoms with E-state index in [9.17, 15) is 4.79 Å². The summed E-state index contributed by atoms with van der Waals surface area (Å²) in [7, 11) is 3.23. The summed E-state index contributed by atoms with van der Waals surface area (Å²) in [6.45, 7) is 5.03. The average Bonchev–Trinajstić information content (AvgIpc) is 2.62. The number of pyridine rings is 1. The van der Waals surface area contributed by atoms with Crippen molar-refractivity contribution >= 4 is 5.91 Å². The molecule has 1 aromatic carbocycles. The van der Waals surface area contributed by atoms with Crippen molar-refractivity contribution in [2.24, 2.45) is 0 Å². The van der Waals surface area contributed by atoms with Gasteiger partial charge < -0.3 is 19.5 Å². The summed E-state index contributed by atoms with van der Waals surface area (Å²) in [5.74, 6) is 1.11. The van der Waals surface area contributed by atoms with Crippen LogP contribution in [0.5, 0.6) is 11.5 Å². The number of hydrogen-bond acceptors (Lipinski definition) is 5. The lowest BCUT2D eigenvalue weighted by Crippen LogP contribution is -2.24. The molecule has 1 aromatic heterocycles. The summed E-state index contributed by atoms with van der Waals surface area (Å²) in [6, 6.07) is 7.13. The first kappa shape index (κ1) is 18.7. The zero-order chi connectivity index (χ0) is 18.2. The number of para-hydroxylation sites is 1. The molecule has 1 amide bonds. The van der Waals surface area contributed by atoms with Gasteiger partial charge in [-0.25, -0.2) is 0 Å². The molecule has 0 saturated carbocycles. The second kappa shape index (κ2) is 9.03. The van der Waals surface area contributed by atoms with Gasteiger partial charge in [0.1, 0.15) is 18.1 Å². The molecule has 134 valence electrons. The van der Waals surface area contributed by atoms with Gasteiger partial charge in [0.05, 0.1) is 31.5 Å². The quantitative estimate of drug-likeness (QED) is 0.746. The van der Waals surface area contributed by atoms with E-state index in [4.69, 9.17) is 14.2 Å². The summed E-state index contributed by atoms with van der Waals surface area (Å²) in [6.07, 6.45) is 1.75. The fourth-order valence-electron chi connectivity index (χ4n) is 2.52. The van der Waals surface area contributed by atoms with Crippen LogP contribution in [0.2, 0.25) is 0 Å². The number of carbonyl (C=O) groups excluding carboxylic acids is 1. The van der Waals surface area contributed by atoms with Crippen LogP contribution in [0.25, 0.3) is 0 Å². The number of aryl methyl sites for hydroxylation is 1. The molecule has 0 aliphatic carbocycles. The molecule has 6 nitrogen and oxygen atoms in total. The Hall–Kier alpha value is -2.60. The van der Waals surface area contributed by atoms with E-state index in [0.717, 1.165) is 22.6 Å². The maximum absolute atomic E-state index is 12.5. The van der Waals surface area contributed by atoms with Gasteiger partial charge in [-0.15, -0.1) is 0 Å². The monoisotopic (exact) mass is 344 g/mol. The lowest BCUT2D eigenvalue weighted by atomic mass is 10.1. The molecule has 0 aliphatic heterocycles. The third kappa shape index (κ3) is 4.70. The third-order valence-electron chi connectivity index (χ3n) is 3.84. The summed E-state index contributed by atoms with van der Waals surface area (Å²) < 4.78 is 16.0. The van der Waals surface area contributed by atoms with Gasteiger partial charge in [-0.1, -0.05) is 12.1 Å². The Kier molecular flexibility index (Phi) is 6.77. The fourth-order valence-corrected chi connectivity index (χ4v) is 2.52. The highest BCUT2D eigenvalue weighted by Gasteiger charge is 2.14. The second-order valence-corrected chi connectivity index (χ2v) is 5.57. The maximum Gasteiger partial charge on any atom is 0.255 e. The molecule has 0 bridgehead atoms. The van der Waals surface area contributed by atoms with Gasteiger partial charge in [0.25, 0.3) is 5.91 Å². The van der Waals surface area contributed by atoms with Gasteiger partial charge in [0, 0.05) is 24.4 Å². The van der Waals surface area contributed by atoms with Crippen molar-refractivity contribution in [2.45, 2.75) is 20.4 Å². The number of rotatable bonds is 8. The van der Waals surface area contributed by atoms with E-state index in [1.54, 1.807) is 38.6 Å². The lowest BCUT2D eigenvalue weighted by molar-refractivity contribution is 0.0942. The van der Waals surface area contributed by atoms with Crippen LogP contribution in [0.4, 0.5) is 0 Å². The van der Waals surface area contributed by atoms with Crippen molar-refractivity contribution in [1.82, 2.24) is 10.3 Å². The van der Waals surface area contributed by atoms with E-state index in [0.29, 0.717) is 31.1 Å². The van der Waals surface area contributed by atoms with Crippen LogP contribution in [-0.4, -0.2) is 38.3 Å². The van der Waals surface area contributed by atoms with E-state index in [1.807, 2.05) is 19.9 Å². The predicted octanol–water partition coefficient (Wildman–Crippen LogP) is 2.66. The van der Waals surface area contributed by atoms with Gasteiger partial charge in [-0.2, -0.15) is 0 Å². The smallest absolute Gasteiger partial charge is 0.255 e. The highest BCUT2D eigenvalue weighted by Crippen LogP contribution is 2.24. The van der Waals surface area contributed by atoms with Crippen LogP contribution >= 0.6 is 0 Å². The number of amides is 1. The van der Waals surface area contributed by atoms with E-state index >= 15 is 0 Å². The van der Waals surface area contributed by atoms with Crippen molar-refractivity contribution in [3.8, 4) is 11.5 Å². The normalized spacial score (nSPS) is 10.4. The highest BCUT2D eigenvalue weighted by molar-refractivity contribution is 5.96. The minimum atomic E-state index is -0.214. The third-order valence-corrected chi connectivity index (χ3v) is 3.84. The van der Waals surface area contributed by atoms with Gasteiger partial charge in [0.15, 0.2) is 0 Å². The summed E-state index contributed by atoms with van der Waals surface area (Å²) in [5.41, 5.74) is 3.14. The number of nitrogens with zero attached hydrogens (tertiary/aromatic N) is 1. The van der Waals surface area contributed by atoms with Gasteiger partial charge >= 0.3 is 0 Å². The number of aromatic nitrogens is 1. The van der Waals surface area contributed by atoms with Crippen molar-refractivity contribution in [3.05, 3.63) is 52.8 Å². The maximum atomic E-state index is 12.5. The summed E-state index contributed by atoms with van der Waals surface area (Å²) in [5, 5.41) is 2.89. The molecule has 0 atom stereocenters. The number of ether oxygens (including phenoxy) is 3. The van der Waals surface area contributed by atoms with Crippen molar-refractivity contribution in [1.29, 1.82) is 0 Å². The zero-order valence-corrected chi connectivity index (χ0v) is 15.1. The lowest BCUT2D eigenvalue weighted by Gasteiger charge is -2.14. The van der Waals surface area contributed by atoms with Crippen LogP contribution in [0.15, 0.2) is 30.5 Å². The molecule has 0 fully saturated rings. The van der Waals surface area contributed by atoms with E-state index in [1.165, 1.54) is 0 Å². The van der Waals surface area contributed by atoms with Gasteiger partial charge in [0.2, 0.25) is 0 Å². The fraction of sp³-hybridized carbons (Fsp3) is 0.368. The molecule has 2 aromatic rings. The molecular weight excluding hydrogens is 320 g/mol. The van der Waals surface area contributed by atoms with E-state index in [-0.39, 0.29) is 5.91 Å². The van der Waals surface area contributed by atoms with Crippen LogP contribution in [0, 0.1) is 13.8 Å². The van der Waals surface area contributed by atoms with Crippen LogP contribution in [-0.2, 0) is 11.3 Å². The summed E-state index contributed by atoms with van der Waals surface area (Å²) >= 11 is 0. The minimum absolute atomic E-state index is 0.214. The Morgan fingerprint density at radius 3 is 2.64 bits per heavy atom. The summed E-state index contributed by atoms with van der Waals surface area (Å²) in [4.78, 5) is 16.9. The molecule has 0 unspecified atom stereocenters. The highest BCUT2D eigenvalue weighted by atomic mass is 16.5. The standard InChI is InChI=1S/C19H24N2O4/c1-13-11-20-16(14(2)18(13)24-4)12-21-19(22)15-7-5-6-8-17(15)25-10-9-23-3/h5-8,11H,9-10,12H2,1-4H3,(H,21,22). The van der Waals surface area contributed by atoms with Crippen LogP contribution in [0.1, 0.15) is 27.2 Å². The van der Waals surface area contributed by atoms with E-state index < -0.39 is 0 Å². The first-order valence-electron chi connectivity index (χ1n) is 8.06. The Labute approximate surface area is 148 Å². The first-order chi connectivity index (χ1) is 12.1. The Balaban J connectivity index is 2.08. The molecule has 6 heteroatoms. The molecule has 1 N–H and O–H groups in total. The largest absolute Gasteiger partial charge is 0.496 e. The topological polar surface area (TPSA) is 69.7 Å². The van der Waals surface area contributed by atoms with Crippen molar-refractivity contribution < 1.29 is 19.0 Å². The molecule has 0 radical (unpaired) electrons. The number of nitrogens with one attached hydrogen (secondary N) is 1. The van der Waals surface area contributed by atoms with Crippen molar-refractivity contribution in [2.75, 3.05) is 27.4 Å². The zero-order valence-electron chi connectivity index (χ0n) is 15.1. The number of hydrogen-bond donors (Lipinski definition) is 1. The first-order valence-corrected chi connectivity index (χ1v) is 8.06. The van der Waals surface area contributed by atoms with Gasteiger partial charge in [-0.05, 0) is 26.0 Å². The molecule has 0 saturated heterocycles. The molecule has 2 rings (SSSR count). The molecule has 0 aliphatic rings. The number of carbonyl (C=O) groups is 1. The van der Waals surface area contributed by atoms with Crippen LogP contribution in [0.3, 0.4) is 0 Å². The molecular formula is C19H24N2O4. The van der Waals surface area contributed by atoms with Crippen LogP contribution < -0.4 is 14.8 Å². The minimum Gasteiger partial charge on any atom is -0.496 e. The Bertz CT molecular complexity index is 731. The SMILES string of the molecule is COCCOc1ccccc1C(=O)NCc1ncc(C)c(OC)c1C. The Morgan fingerprint density at radius 1 is 1.16 bits per heavy atom. The number of methoxy groups -OCH3 is 2. The molecule has 25 heavy (non-hydrogen) atoms. The predicted molar refractivity (Wildman–Crippen MR) is 95.2 cm³/mol. The molecule has 0 spiro atoms. The Morgan fingerprint density at radius 2 is 1.92 bits per heavy atom. The second-order valence-electron chi connectivity index (χ2n) is 5.57.